The number of rotatable bonds is 3. The monoisotopic (exact) mass is 174 g/mol. The summed E-state index contributed by atoms with van der Waals surface area (Å²) in [5, 5.41) is 0. The molecule has 1 aliphatic heterocycles. The zero-order valence-electron chi connectivity index (χ0n) is 7.42. The molecule has 1 saturated heterocycles. The summed E-state index contributed by atoms with van der Waals surface area (Å²) in [7, 11) is 1.80. The van der Waals surface area contributed by atoms with Crippen LogP contribution in [0.15, 0.2) is 0 Å². The minimum absolute atomic E-state index is 0.139. The van der Waals surface area contributed by atoms with E-state index in [1.54, 1.807) is 11.9 Å². The van der Waals surface area contributed by atoms with Gasteiger partial charge in [-0.05, 0) is 6.42 Å². The van der Waals surface area contributed by atoms with E-state index in [1.807, 2.05) is 4.90 Å². The Labute approximate surface area is 72.1 Å². The number of carbonyl (C=O) groups is 1. The molecule has 0 atom stereocenters. The van der Waals surface area contributed by atoms with Gasteiger partial charge in [-0.1, -0.05) is 0 Å². The third-order valence-electron chi connectivity index (χ3n) is 2.14. The smallest absolute Gasteiger partial charge is 0.236 e. The molecule has 1 fully saturated rings. The molecule has 0 aromatic carbocycles. The fourth-order valence-electron chi connectivity index (χ4n) is 1.28. The van der Waals surface area contributed by atoms with Gasteiger partial charge in [0.2, 0.25) is 5.91 Å². The predicted octanol–water partition coefficient (Wildman–Crippen LogP) is 0.120. The minimum atomic E-state index is -0.291. The molecule has 0 unspecified atom stereocenters. The van der Waals surface area contributed by atoms with Crippen molar-refractivity contribution in [2.24, 2.45) is 0 Å². The SMILES string of the molecule is CN1CCN(CCCF)CC1=O. The lowest BCUT2D eigenvalue weighted by molar-refractivity contribution is -0.134. The lowest BCUT2D eigenvalue weighted by atomic mass is 10.3. The molecular formula is C8H15FN2O. The number of hydrogen-bond donors (Lipinski definition) is 0. The summed E-state index contributed by atoms with van der Waals surface area (Å²) < 4.78 is 11.8. The Hall–Kier alpha value is -0.640. The molecule has 0 saturated carbocycles. The van der Waals surface area contributed by atoms with E-state index in [0.29, 0.717) is 19.5 Å². The van der Waals surface area contributed by atoms with Crippen LogP contribution in [0.25, 0.3) is 0 Å². The lowest BCUT2D eigenvalue weighted by Crippen LogP contribution is -2.48. The summed E-state index contributed by atoms with van der Waals surface area (Å²) in [5.74, 6) is 0.139. The number of hydrogen-bond acceptors (Lipinski definition) is 2. The molecule has 3 nitrogen and oxygen atoms in total. The Kier molecular flexibility index (Phi) is 3.47. The highest BCUT2D eigenvalue weighted by atomic mass is 19.1. The van der Waals surface area contributed by atoms with Crippen molar-refractivity contribution in [3.8, 4) is 0 Å². The van der Waals surface area contributed by atoms with Gasteiger partial charge in [-0.3, -0.25) is 14.1 Å². The van der Waals surface area contributed by atoms with Gasteiger partial charge >= 0.3 is 0 Å². The van der Waals surface area contributed by atoms with Gasteiger partial charge in [0, 0.05) is 26.7 Å². The van der Waals surface area contributed by atoms with Crippen molar-refractivity contribution < 1.29 is 9.18 Å². The normalized spacial score (nSPS) is 20.2. The fourth-order valence-corrected chi connectivity index (χ4v) is 1.28. The lowest BCUT2D eigenvalue weighted by Gasteiger charge is -2.31. The second-order valence-electron chi connectivity index (χ2n) is 3.13. The molecule has 0 N–H and O–H groups in total. The van der Waals surface area contributed by atoms with E-state index in [4.69, 9.17) is 0 Å². The molecule has 1 aliphatic rings. The first-order valence-electron chi connectivity index (χ1n) is 4.26. The molecule has 70 valence electrons. The van der Waals surface area contributed by atoms with Crippen LogP contribution in [0.1, 0.15) is 6.42 Å². The van der Waals surface area contributed by atoms with Gasteiger partial charge < -0.3 is 4.90 Å². The summed E-state index contributed by atoms with van der Waals surface area (Å²) in [6.07, 6.45) is 0.539. The highest BCUT2D eigenvalue weighted by Gasteiger charge is 2.19. The van der Waals surface area contributed by atoms with Crippen LogP contribution in [0, 0.1) is 0 Å². The van der Waals surface area contributed by atoms with Crippen molar-refractivity contribution in [2.75, 3.05) is 39.9 Å². The van der Waals surface area contributed by atoms with Crippen LogP contribution in [0.3, 0.4) is 0 Å². The maximum Gasteiger partial charge on any atom is 0.236 e. The van der Waals surface area contributed by atoms with E-state index in [0.717, 1.165) is 13.1 Å². The highest BCUT2D eigenvalue weighted by molar-refractivity contribution is 5.78. The third-order valence-corrected chi connectivity index (χ3v) is 2.14. The zero-order valence-corrected chi connectivity index (χ0v) is 7.42. The number of halogens is 1. The number of nitrogens with zero attached hydrogens (tertiary/aromatic N) is 2. The van der Waals surface area contributed by atoms with Crippen molar-refractivity contribution in [2.45, 2.75) is 6.42 Å². The third kappa shape index (κ3) is 2.44. The average Bonchev–Trinajstić information content (AvgIpc) is 2.07. The van der Waals surface area contributed by atoms with Gasteiger partial charge in [0.15, 0.2) is 0 Å². The van der Waals surface area contributed by atoms with Crippen molar-refractivity contribution in [1.29, 1.82) is 0 Å². The van der Waals surface area contributed by atoms with Crippen LogP contribution in [0.2, 0.25) is 0 Å². The summed E-state index contributed by atoms with van der Waals surface area (Å²) in [6, 6.07) is 0. The van der Waals surface area contributed by atoms with Crippen LogP contribution in [0.4, 0.5) is 4.39 Å². The average molecular weight is 174 g/mol. The Morgan fingerprint density at radius 1 is 1.50 bits per heavy atom. The predicted molar refractivity (Wildman–Crippen MR) is 44.7 cm³/mol. The van der Waals surface area contributed by atoms with Crippen LogP contribution < -0.4 is 0 Å². The minimum Gasteiger partial charge on any atom is -0.343 e. The Balaban J connectivity index is 2.25. The van der Waals surface area contributed by atoms with Gasteiger partial charge in [-0.25, -0.2) is 0 Å². The van der Waals surface area contributed by atoms with Gasteiger partial charge in [0.05, 0.1) is 13.2 Å². The maximum atomic E-state index is 11.8. The van der Waals surface area contributed by atoms with Crippen molar-refractivity contribution >= 4 is 5.91 Å². The molecule has 0 radical (unpaired) electrons. The van der Waals surface area contributed by atoms with Gasteiger partial charge in [0.25, 0.3) is 0 Å². The summed E-state index contributed by atoms with van der Waals surface area (Å²) in [5.41, 5.74) is 0. The van der Waals surface area contributed by atoms with Crippen LogP contribution in [0.5, 0.6) is 0 Å². The zero-order chi connectivity index (χ0) is 8.97. The highest BCUT2D eigenvalue weighted by Crippen LogP contribution is 2.01. The van der Waals surface area contributed by atoms with Crippen molar-refractivity contribution in [3.63, 3.8) is 0 Å². The Morgan fingerprint density at radius 2 is 2.25 bits per heavy atom. The second kappa shape index (κ2) is 4.40. The summed E-state index contributed by atoms with van der Waals surface area (Å²) in [6.45, 7) is 2.51. The van der Waals surface area contributed by atoms with Crippen molar-refractivity contribution in [3.05, 3.63) is 0 Å². The molecular weight excluding hydrogens is 159 g/mol. The van der Waals surface area contributed by atoms with E-state index in [2.05, 4.69) is 0 Å². The first-order valence-corrected chi connectivity index (χ1v) is 4.26. The van der Waals surface area contributed by atoms with Crippen LogP contribution >= 0.6 is 0 Å². The fraction of sp³-hybridized carbons (Fsp3) is 0.875. The summed E-state index contributed by atoms with van der Waals surface area (Å²) >= 11 is 0. The second-order valence-corrected chi connectivity index (χ2v) is 3.13. The van der Waals surface area contributed by atoms with Crippen LogP contribution in [-0.4, -0.2) is 55.6 Å². The number of likely N-dealkylation sites (N-methyl/N-ethyl adjacent to an activating group) is 1. The molecule has 0 aromatic heterocycles. The molecule has 1 rings (SSSR count). The number of carbonyl (C=O) groups excluding carboxylic acids is 1. The standard InChI is InChI=1S/C8H15FN2O/c1-10-5-6-11(4-2-3-9)7-8(10)12/h2-7H2,1H3. The summed E-state index contributed by atoms with van der Waals surface area (Å²) in [4.78, 5) is 14.9. The van der Waals surface area contributed by atoms with E-state index >= 15 is 0 Å². The molecule has 1 heterocycles. The molecule has 1 amide bonds. The van der Waals surface area contributed by atoms with E-state index < -0.39 is 0 Å². The number of alkyl halides is 1. The Morgan fingerprint density at radius 3 is 2.83 bits per heavy atom. The molecule has 0 bridgehead atoms. The van der Waals surface area contributed by atoms with Gasteiger partial charge in [0.1, 0.15) is 0 Å². The first kappa shape index (κ1) is 9.45. The topological polar surface area (TPSA) is 23.6 Å². The molecule has 0 spiro atoms. The van der Waals surface area contributed by atoms with Crippen molar-refractivity contribution in [1.82, 2.24) is 9.80 Å². The van der Waals surface area contributed by atoms with E-state index in [1.165, 1.54) is 0 Å². The molecule has 0 aliphatic carbocycles. The maximum absolute atomic E-state index is 11.8. The Bertz CT molecular complexity index is 161. The molecule has 4 heteroatoms. The number of amides is 1. The van der Waals surface area contributed by atoms with Gasteiger partial charge in [-0.2, -0.15) is 0 Å². The quantitative estimate of drug-likeness (QED) is 0.606. The van der Waals surface area contributed by atoms with E-state index in [-0.39, 0.29) is 12.6 Å². The largest absolute Gasteiger partial charge is 0.343 e. The van der Waals surface area contributed by atoms with Gasteiger partial charge in [-0.15, -0.1) is 0 Å². The molecule has 12 heavy (non-hydrogen) atoms. The van der Waals surface area contributed by atoms with Crippen LogP contribution in [-0.2, 0) is 4.79 Å². The molecule has 0 aromatic rings. The number of piperazine rings is 1. The first-order chi connectivity index (χ1) is 5.74. The van der Waals surface area contributed by atoms with E-state index in [9.17, 15) is 9.18 Å².